The summed E-state index contributed by atoms with van der Waals surface area (Å²) in [6.07, 6.45) is 1.95. The van der Waals surface area contributed by atoms with E-state index in [1.54, 1.807) is 6.92 Å². The molecule has 1 aromatic carbocycles. The molecule has 186 valence electrons. The molecule has 34 heavy (non-hydrogen) atoms. The van der Waals surface area contributed by atoms with Crippen molar-refractivity contribution < 1.29 is 34.3 Å². The van der Waals surface area contributed by atoms with Crippen LogP contribution in [-0.2, 0) is 20.9 Å². The van der Waals surface area contributed by atoms with Crippen LogP contribution in [0.25, 0.3) is 0 Å². The maximum absolute atomic E-state index is 12.6. The van der Waals surface area contributed by atoms with Crippen LogP contribution in [0.2, 0.25) is 6.32 Å². The van der Waals surface area contributed by atoms with Gasteiger partial charge in [0.25, 0.3) is 0 Å². The number of carbonyl (C=O) groups is 3. The summed E-state index contributed by atoms with van der Waals surface area (Å²) in [5, 5.41) is 33.5. The monoisotopic (exact) mass is 475 g/mol. The normalized spacial score (nSPS) is 28.6. The summed E-state index contributed by atoms with van der Waals surface area (Å²) >= 11 is 0. The highest BCUT2D eigenvalue weighted by atomic mass is 16.5. The van der Waals surface area contributed by atoms with Crippen molar-refractivity contribution >= 4 is 25.1 Å². The van der Waals surface area contributed by atoms with E-state index in [9.17, 15) is 19.5 Å². The van der Waals surface area contributed by atoms with Gasteiger partial charge < -0.3 is 36.3 Å². The molecule has 1 aromatic rings. The summed E-state index contributed by atoms with van der Waals surface area (Å²) < 4.78 is 5.16. The van der Waals surface area contributed by atoms with Gasteiger partial charge in [0.1, 0.15) is 18.2 Å². The maximum Gasteiger partial charge on any atom is 0.451 e. The summed E-state index contributed by atoms with van der Waals surface area (Å²) in [4.78, 5) is 36.6. The van der Waals surface area contributed by atoms with Crippen LogP contribution in [-0.4, -0.2) is 57.9 Å². The van der Waals surface area contributed by atoms with Crippen LogP contribution in [0, 0.1) is 17.8 Å². The third-order valence-electron chi connectivity index (χ3n) is 7.19. The number of aliphatic carboxylic acids is 1. The molecule has 7 N–H and O–H groups in total. The number of carbonyl (C=O) groups excluding carboxylic acids is 2. The van der Waals surface area contributed by atoms with E-state index in [4.69, 9.17) is 20.5 Å². The lowest BCUT2D eigenvalue weighted by Crippen LogP contribution is -2.53. The second kappa shape index (κ2) is 11.2. The molecule has 2 saturated carbocycles. The molecule has 2 aliphatic rings. The van der Waals surface area contributed by atoms with E-state index in [0.29, 0.717) is 32.1 Å². The zero-order valence-electron chi connectivity index (χ0n) is 19.4. The van der Waals surface area contributed by atoms with Crippen LogP contribution in [0.3, 0.4) is 0 Å². The average Bonchev–Trinajstić information content (AvgIpc) is 3.28. The first-order valence-electron chi connectivity index (χ1n) is 11.8. The van der Waals surface area contributed by atoms with Crippen molar-refractivity contribution in [2.75, 3.05) is 0 Å². The van der Waals surface area contributed by atoms with E-state index in [2.05, 4.69) is 10.6 Å². The van der Waals surface area contributed by atoms with Gasteiger partial charge in [0.2, 0.25) is 5.91 Å². The van der Waals surface area contributed by atoms with Crippen molar-refractivity contribution in [3.05, 3.63) is 35.9 Å². The molecule has 6 atom stereocenters. The van der Waals surface area contributed by atoms with Crippen LogP contribution in [0.5, 0.6) is 0 Å². The molecule has 0 spiro atoms. The van der Waals surface area contributed by atoms with Gasteiger partial charge in [-0.25, -0.2) is 4.79 Å². The van der Waals surface area contributed by atoms with E-state index < -0.39 is 30.8 Å². The molecule has 2 aliphatic carbocycles. The summed E-state index contributed by atoms with van der Waals surface area (Å²) in [6.45, 7) is 1.68. The van der Waals surface area contributed by atoms with Gasteiger partial charge in [-0.15, -0.1) is 0 Å². The summed E-state index contributed by atoms with van der Waals surface area (Å²) in [6, 6.07) is 8.28. The second-order valence-electron chi connectivity index (χ2n) is 9.60. The molecule has 3 rings (SSSR count). The molecule has 0 heterocycles. The zero-order valence-corrected chi connectivity index (χ0v) is 19.4. The molecule has 10 nitrogen and oxygen atoms in total. The lowest BCUT2D eigenvalue weighted by Gasteiger charge is -2.31. The van der Waals surface area contributed by atoms with Gasteiger partial charge in [0.15, 0.2) is 0 Å². The first-order valence-corrected chi connectivity index (χ1v) is 11.8. The van der Waals surface area contributed by atoms with E-state index in [-0.39, 0.29) is 42.6 Å². The van der Waals surface area contributed by atoms with Gasteiger partial charge in [-0.2, -0.15) is 0 Å². The molecule has 0 bridgehead atoms. The summed E-state index contributed by atoms with van der Waals surface area (Å²) in [7, 11) is -1.43. The van der Waals surface area contributed by atoms with E-state index in [0.717, 1.165) is 5.56 Å². The molecule has 0 saturated heterocycles. The van der Waals surface area contributed by atoms with Gasteiger partial charge in [0, 0.05) is 6.04 Å². The molecule has 0 aromatic heterocycles. The number of ether oxygens (including phenoxy) is 1. The van der Waals surface area contributed by atoms with Gasteiger partial charge in [-0.1, -0.05) is 36.8 Å². The number of alkyl carbamates (subject to hydrolysis) is 1. The summed E-state index contributed by atoms with van der Waals surface area (Å²) in [5.74, 6) is -1.59. The molecule has 0 radical (unpaired) electrons. The van der Waals surface area contributed by atoms with Crippen LogP contribution in [0.1, 0.15) is 44.6 Å². The minimum Gasteiger partial charge on any atom is -0.480 e. The number of amides is 2. The number of fused-ring (bicyclic) bond motifs is 1. The molecule has 2 amide bonds. The number of hydrogen-bond donors (Lipinski definition) is 6. The fourth-order valence-electron chi connectivity index (χ4n) is 5.54. The van der Waals surface area contributed by atoms with Crippen molar-refractivity contribution in [1.29, 1.82) is 0 Å². The third kappa shape index (κ3) is 6.28. The molecular weight excluding hydrogens is 441 g/mol. The SMILES string of the molecule is CC(NC(=O)OCc1ccccc1)C(=O)N[C@H]1C[C@@H]2C[C@@](N)(C(=O)O)[C@@H](CCCB(O)O)[C@@H]2C1. The lowest BCUT2D eigenvalue weighted by molar-refractivity contribution is -0.145. The van der Waals surface area contributed by atoms with E-state index in [1.165, 1.54) is 0 Å². The van der Waals surface area contributed by atoms with Crippen molar-refractivity contribution in [3.8, 4) is 0 Å². The Morgan fingerprint density at radius 2 is 1.94 bits per heavy atom. The fourth-order valence-corrected chi connectivity index (χ4v) is 5.54. The van der Waals surface area contributed by atoms with Crippen LogP contribution >= 0.6 is 0 Å². The number of carboxylic acids is 1. The fraction of sp³-hybridized carbons (Fsp3) is 0.609. The largest absolute Gasteiger partial charge is 0.480 e. The van der Waals surface area contributed by atoms with Crippen molar-refractivity contribution in [2.45, 2.75) is 69.6 Å². The number of hydrogen-bond acceptors (Lipinski definition) is 7. The van der Waals surface area contributed by atoms with Crippen molar-refractivity contribution in [1.82, 2.24) is 10.6 Å². The first-order chi connectivity index (χ1) is 16.1. The van der Waals surface area contributed by atoms with Crippen LogP contribution in [0.15, 0.2) is 30.3 Å². The highest BCUT2D eigenvalue weighted by Gasteiger charge is 2.58. The Hall–Kier alpha value is -2.63. The zero-order chi connectivity index (χ0) is 24.9. The average molecular weight is 475 g/mol. The Labute approximate surface area is 199 Å². The lowest BCUT2D eigenvalue weighted by atomic mass is 9.75. The molecular formula is C23H34BN3O7. The van der Waals surface area contributed by atoms with Crippen LogP contribution < -0.4 is 16.4 Å². The minimum atomic E-state index is -1.43. The highest BCUT2D eigenvalue weighted by molar-refractivity contribution is 6.40. The Bertz CT molecular complexity index is 871. The number of carboxylic acid groups (broad SMARTS) is 1. The van der Waals surface area contributed by atoms with Gasteiger partial charge in [-0.3, -0.25) is 9.59 Å². The maximum atomic E-state index is 12.6. The number of nitrogens with two attached hydrogens (primary N) is 1. The van der Waals surface area contributed by atoms with Crippen molar-refractivity contribution in [2.24, 2.45) is 23.5 Å². The molecule has 11 heteroatoms. The highest BCUT2D eigenvalue weighted by Crippen LogP contribution is 2.53. The minimum absolute atomic E-state index is 0.0290. The predicted molar refractivity (Wildman–Crippen MR) is 124 cm³/mol. The summed E-state index contributed by atoms with van der Waals surface area (Å²) in [5.41, 5.74) is 5.80. The quantitative estimate of drug-likeness (QED) is 0.271. The first kappa shape index (κ1) is 26.0. The molecule has 2 fully saturated rings. The topological polar surface area (TPSA) is 171 Å². The Kier molecular flexibility index (Phi) is 8.56. The van der Waals surface area contributed by atoms with Gasteiger partial charge >= 0.3 is 19.2 Å². The smallest absolute Gasteiger partial charge is 0.451 e. The van der Waals surface area contributed by atoms with Crippen LogP contribution in [0.4, 0.5) is 4.79 Å². The Morgan fingerprint density at radius 3 is 2.59 bits per heavy atom. The second-order valence-corrected chi connectivity index (χ2v) is 9.60. The van der Waals surface area contributed by atoms with Gasteiger partial charge in [-0.05, 0) is 62.2 Å². The molecule has 1 unspecified atom stereocenters. The third-order valence-corrected chi connectivity index (χ3v) is 7.19. The standard InChI is InChI=1S/C23H34BN3O7/c1-14(26-22(31)34-13-15-6-3-2-4-7-15)20(28)27-17-10-16-12-23(25,21(29)30)19(18(16)11-17)8-5-9-24(32)33/h2-4,6-7,14,16-19,32-33H,5,8-13,25H2,1H3,(H,26,31)(H,27,28)(H,29,30)/t14?,16-,17+,18-,19+,23+/m1/s1. The predicted octanol–water partition coefficient (Wildman–Crippen LogP) is 0.867. The Balaban J connectivity index is 1.49. The van der Waals surface area contributed by atoms with E-state index >= 15 is 0 Å². The molecule has 0 aliphatic heterocycles. The number of benzene rings is 1. The van der Waals surface area contributed by atoms with Gasteiger partial charge in [0.05, 0.1) is 0 Å². The van der Waals surface area contributed by atoms with Crippen molar-refractivity contribution in [3.63, 3.8) is 0 Å². The van der Waals surface area contributed by atoms with E-state index in [1.807, 2.05) is 30.3 Å². The number of rotatable bonds is 10. The number of nitrogens with one attached hydrogen (secondary N) is 2. The Morgan fingerprint density at radius 1 is 1.24 bits per heavy atom.